The molecule has 0 bridgehead atoms. The van der Waals surface area contributed by atoms with Crippen LogP contribution < -0.4 is 10.5 Å². The number of thiazole rings is 1. The summed E-state index contributed by atoms with van der Waals surface area (Å²) in [6, 6.07) is 7.20. The van der Waals surface area contributed by atoms with Crippen molar-refractivity contribution in [3.05, 3.63) is 42.2 Å². The van der Waals surface area contributed by atoms with Crippen molar-refractivity contribution in [1.82, 2.24) is 15.0 Å². The summed E-state index contributed by atoms with van der Waals surface area (Å²) in [6.07, 6.45) is 2.53. The molecule has 3 aromatic rings. The molecule has 0 fully saturated rings. The van der Waals surface area contributed by atoms with Crippen LogP contribution in [0.4, 0.5) is 10.8 Å². The van der Waals surface area contributed by atoms with E-state index in [1.54, 1.807) is 17.5 Å². The van der Waals surface area contributed by atoms with Crippen molar-refractivity contribution in [3.8, 4) is 11.3 Å². The Bertz CT molecular complexity index is 838. The van der Waals surface area contributed by atoms with Gasteiger partial charge in [0, 0.05) is 16.6 Å². The second-order valence-electron chi connectivity index (χ2n) is 4.18. The number of H-pyrrole nitrogens is 1. The summed E-state index contributed by atoms with van der Waals surface area (Å²) < 4.78 is 26.4. The van der Waals surface area contributed by atoms with Gasteiger partial charge in [0.2, 0.25) is 0 Å². The molecule has 108 valence electrons. The molecule has 9 heteroatoms. The fourth-order valence-corrected chi connectivity index (χ4v) is 3.54. The maximum Gasteiger partial charge on any atom is 0.280 e. The molecule has 2 aromatic heterocycles. The highest BCUT2D eigenvalue weighted by atomic mass is 32.2. The number of aromatic nitrogens is 3. The van der Waals surface area contributed by atoms with Crippen molar-refractivity contribution in [2.75, 3.05) is 10.5 Å². The Morgan fingerprint density at radius 3 is 2.67 bits per heavy atom. The summed E-state index contributed by atoms with van der Waals surface area (Å²) in [4.78, 5) is 10.5. The highest BCUT2D eigenvalue weighted by Crippen LogP contribution is 2.26. The Morgan fingerprint density at radius 1 is 1.24 bits per heavy atom. The van der Waals surface area contributed by atoms with Gasteiger partial charge in [0.25, 0.3) is 10.0 Å². The molecule has 4 N–H and O–H groups in total. The van der Waals surface area contributed by atoms with Crippen molar-refractivity contribution < 1.29 is 8.42 Å². The van der Waals surface area contributed by atoms with Gasteiger partial charge in [0.15, 0.2) is 10.2 Å². The smallest absolute Gasteiger partial charge is 0.280 e. The topological polar surface area (TPSA) is 114 Å². The first-order chi connectivity index (χ1) is 10.0. The summed E-state index contributed by atoms with van der Waals surface area (Å²) in [5.41, 5.74) is 7.84. The molecule has 0 unspecified atom stereocenters. The van der Waals surface area contributed by atoms with Crippen molar-refractivity contribution in [2.24, 2.45) is 0 Å². The zero-order valence-corrected chi connectivity index (χ0v) is 12.3. The minimum Gasteiger partial charge on any atom is -0.399 e. The predicted octanol–water partition coefficient (Wildman–Crippen LogP) is 1.92. The van der Waals surface area contributed by atoms with Gasteiger partial charge in [-0.3, -0.25) is 4.72 Å². The average Bonchev–Trinajstić information content (AvgIpc) is 3.10. The van der Waals surface area contributed by atoms with Crippen LogP contribution in [0.5, 0.6) is 0 Å². The average molecular weight is 321 g/mol. The first-order valence-corrected chi connectivity index (χ1v) is 8.23. The third-order valence-corrected chi connectivity index (χ3v) is 4.85. The standard InChI is InChI=1S/C12H11N5O2S2/c13-9-3-1-8(2-4-9)10-6-20-12(16-10)17-21(18,19)11-5-14-7-15-11/h1-7H,13H2,(H,14,15)(H,16,17). The molecule has 0 aliphatic heterocycles. The van der Waals surface area contributed by atoms with Gasteiger partial charge >= 0.3 is 0 Å². The number of nitrogen functional groups attached to an aromatic ring is 1. The lowest BCUT2D eigenvalue weighted by atomic mass is 10.2. The molecule has 0 spiro atoms. The van der Waals surface area contributed by atoms with Crippen LogP contribution in [0.25, 0.3) is 11.3 Å². The van der Waals surface area contributed by atoms with Crippen LogP contribution >= 0.6 is 11.3 Å². The monoisotopic (exact) mass is 321 g/mol. The highest BCUT2D eigenvalue weighted by Gasteiger charge is 2.17. The number of nitrogens with one attached hydrogen (secondary N) is 2. The number of hydrogen-bond acceptors (Lipinski definition) is 6. The Kier molecular flexibility index (Phi) is 3.35. The molecule has 2 heterocycles. The lowest BCUT2D eigenvalue weighted by molar-refractivity contribution is 0.598. The number of imidazole rings is 1. The second kappa shape index (κ2) is 5.19. The number of benzene rings is 1. The van der Waals surface area contributed by atoms with Crippen LogP contribution in [-0.2, 0) is 10.0 Å². The zero-order chi connectivity index (χ0) is 14.9. The largest absolute Gasteiger partial charge is 0.399 e. The van der Waals surface area contributed by atoms with E-state index in [4.69, 9.17) is 5.73 Å². The summed E-state index contributed by atoms with van der Waals surface area (Å²) in [5, 5.41) is 2.05. The van der Waals surface area contributed by atoms with E-state index in [1.807, 2.05) is 12.1 Å². The molecular formula is C12H11N5O2S2. The summed E-state index contributed by atoms with van der Waals surface area (Å²) in [7, 11) is -3.69. The lowest BCUT2D eigenvalue weighted by Gasteiger charge is -2.01. The first kappa shape index (κ1) is 13.6. The van der Waals surface area contributed by atoms with Crippen molar-refractivity contribution in [3.63, 3.8) is 0 Å². The van der Waals surface area contributed by atoms with Crippen molar-refractivity contribution in [2.45, 2.75) is 5.03 Å². The minimum absolute atomic E-state index is 0.00765. The number of rotatable bonds is 4. The van der Waals surface area contributed by atoms with Crippen LogP contribution in [0, 0.1) is 0 Å². The normalized spacial score (nSPS) is 11.4. The number of aromatic amines is 1. The summed E-state index contributed by atoms with van der Waals surface area (Å²) in [5.74, 6) is 0. The van der Waals surface area contributed by atoms with E-state index in [2.05, 4.69) is 19.7 Å². The molecule has 0 saturated carbocycles. The van der Waals surface area contributed by atoms with Crippen LogP contribution in [0.2, 0.25) is 0 Å². The van der Waals surface area contributed by atoms with Gasteiger partial charge in [-0.2, -0.15) is 8.42 Å². The van der Waals surface area contributed by atoms with E-state index in [9.17, 15) is 8.42 Å². The molecular weight excluding hydrogens is 310 g/mol. The van der Waals surface area contributed by atoms with E-state index in [1.165, 1.54) is 23.9 Å². The lowest BCUT2D eigenvalue weighted by Crippen LogP contribution is -2.13. The van der Waals surface area contributed by atoms with E-state index in [0.717, 1.165) is 5.56 Å². The van der Waals surface area contributed by atoms with Gasteiger partial charge < -0.3 is 10.7 Å². The van der Waals surface area contributed by atoms with Gasteiger partial charge in [0.05, 0.1) is 18.2 Å². The van der Waals surface area contributed by atoms with Gasteiger partial charge in [-0.1, -0.05) is 12.1 Å². The van der Waals surface area contributed by atoms with Crippen LogP contribution in [0.15, 0.2) is 47.2 Å². The summed E-state index contributed by atoms with van der Waals surface area (Å²) >= 11 is 1.21. The fraction of sp³-hybridized carbons (Fsp3) is 0. The van der Waals surface area contributed by atoms with E-state index in [0.29, 0.717) is 11.4 Å². The molecule has 21 heavy (non-hydrogen) atoms. The second-order valence-corrected chi connectivity index (χ2v) is 6.69. The van der Waals surface area contributed by atoms with E-state index >= 15 is 0 Å². The molecule has 0 atom stereocenters. The fourth-order valence-electron chi connectivity index (χ4n) is 1.67. The van der Waals surface area contributed by atoms with Gasteiger partial charge in [0.1, 0.15) is 0 Å². The molecule has 0 aliphatic carbocycles. The SMILES string of the molecule is Nc1ccc(-c2csc(NS(=O)(=O)c3cnc[nH]3)n2)cc1. The Balaban J connectivity index is 1.84. The molecule has 0 radical (unpaired) electrons. The molecule has 1 aromatic carbocycles. The van der Waals surface area contributed by atoms with Crippen molar-refractivity contribution in [1.29, 1.82) is 0 Å². The highest BCUT2D eigenvalue weighted by molar-refractivity contribution is 7.92. The maximum absolute atomic E-state index is 12.0. The number of nitrogens with zero attached hydrogens (tertiary/aromatic N) is 2. The predicted molar refractivity (Wildman–Crippen MR) is 81.4 cm³/mol. The first-order valence-electron chi connectivity index (χ1n) is 5.87. The van der Waals surface area contributed by atoms with Gasteiger partial charge in [-0.15, -0.1) is 11.3 Å². The third-order valence-electron chi connectivity index (χ3n) is 2.69. The van der Waals surface area contributed by atoms with Gasteiger partial charge in [-0.25, -0.2) is 9.97 Å². The number of anilines is 2. The molecule has 0 amide bonds. The Labute approximate surface area is 124 Å². The number of nitrogens with two attached hydrogens (primary N) is 1. The Hall–Kier alpha value is -2.39. The number of sulfonamides is 1. The zero-order valence-electron chi connectivity index (χ0n) is 10.6. The molecule has 7 nitrogen and oxygen atoms in total. The maximum atomic E-state index is 12.0. The Morgan fingerprint density at radius 2 is 2.00 bits per heavy atom. The quantitative estimate of drug-likeness (QED) is 0.635. The molecule has 0 saturated heterocycles. The van der Waals surface area contributed by atoms with Crippen LogP contribution in [0.3, 0.4) is 0 Å². The molecule has 3 rings (SSSR count). The van der Waals surface area contributed by atoms with Gasteiger partial charge in [-0.05, 0) is 12.1 Å². The van der Waals surface area contributed by atoms with Crippen molar-refractivity contribution >= 4 is 32.2 Å². The van der Waals surface area contributed by atoms with E-state index < -0.39 is 10.0 Å². The summed E-state index contributed by atoms with van der Waals surface area (Å²) in [6.45, 7) is 0. The van der Waals surface area contributed by atoms with Crippen LogP contribution in [-0.4, -0.2) is 23.4 Å². The third kappa shape index (κ3) is 2.88. The molecule has 0 aliphatic rings. The number of hydrogen-bond donors (Lipinski definition) is 3. The van der Waals surface area contributed by atoms with Crippen LogP contribution in [0.1, 0.15) is 0 Å². The minimum atomic E-state index is -3.69. The van der Waals surface area contributed by atoms with E-state index in [-0.39, 0.29) is 10.2 Å².